The fourth-order valence-electron chi connectivity index (χ4n) is 4.06. The van der Waals surface area contributed by atoms with E-state index in [1.54, 1.807) is 12.1 Å². The summed E-state index contributed by atoms with van der Waals surface area (Å²) >= 11 is 3.32. The predicted octanol–water partition coefficient (Wildman–Crippen LogP) is 2.84. The molecule has 1 amide bonds. The molecule has 0 saturated heterocycles. The van der Waals surface area contributed by atoms with Gasteiger partial charge >= 0.3 is 5.97 Å². The van der Waals surface area contributed by atoms with Crippen LogP contribution in [0.5, 0.6) is 11.5 Å². The molecule has 2 atom stereocenters. The van der Waals surface area contributed by atoms with Crippen molar-refractivity contribution in [1.82, 2.24) is 10.6 Å². The third-order valence-corrected chi connectivity index (χ3v) is 6.75. The zero-order chi connectivity index (χ0) is 28.9. The topological polar surface area (TPSA) is 181 Å². The summed E-state index contributed by atoms with van der Waals surface area (Å²) in [4.78, 5) is 41.3. The smallest absolute Gasteiger partial charge is 0.303 e. The Kier molecular flexibility index (Phi) is 9.57. The summed E-state index contributed by atoms with van der Waals surface area (Å²) in [5, 5.41) is 48.1. The fraction of sp³-hybridized carbons (Fsp3) is 0.407. The second-order valence-electron chi connectivity index (χ2n) is 10.5. The Morgan fingerprint density at radius 2 is 1.85 bits per heavy atom. The van der Waals surface area contributed by atoms with Crippen LogP contribution in [-0.2, 0) is 15.0 Å². The van der Waals surface area contributed by atoms with Gasteiger partial charge in [0.2, 0.25) is 0 Å². The third kappa shape index (κ3) is 8.42. The number of aromatic hydroxyl groups is 2. The molecule has 1 unspecified atom stereocenters. The second kappa shape index (κ2) is 12.5. The lowest BCUT2D eigenvalue weighted by Crippen LogP contribution is -2.42. The standard InChI is InChI=1S/C27H33BrN4O7/c1-27(2,3)16-8-21(24(38)22(28)9-16)14(7-23(36)37)5-19(34)11-29-25(39)15-4-17(10-18(33)6-15)32-26-30-12-20(35)13-31-26/h4,6,8-10,14,20,33,35,38H,5,7,11-13H2,1-3H3,(H,29,39)(H,36,37)(H2,30,31,32)/t14-/m0/s1. The highest BCUT2D eigenvalue weighted by Crippen LogP contribution is 2.40. The van der Waals surface area contributed by atoms with Gasteiger partial charge in [0, 0.05) is 36.2 Å². The van der Waals surface area contributed by atoms with E-state index in [0.29, 0.717) is 28.2 Å². The maximum atomic E-state index is 12.8. The number of nitrogens with zero attached hydrogens (tertiary/aromatic N) is 1. The first-order valence-electron chi connectivity index (χ1n) is 12.3. The average Bonchev–Trinajstić information content (AvgIpc) is 2.84. The van der Waals surface area contributed by atoms with Crippen LogP contribution in [0.25, 0.3) is 0 Å². The number of β-amino-alcohol motifs (C(OH)–C–C–N with tert-alkyl or cyclic N) is 1. The minimum absolute atomic E-state index is 0.0864. The van der Waals surface area contributed by atoms with E-state index in [2.05, 4.69) is 36.9 Å². The lowest BCUT2D eigenvalue weighted by atomic mass is 9.82. The summed E-state index contributed by atoms with van der Waals surface area (Å²) < 4.78 is 0.403. The Morgan fingerprint density at radius 3 is 2.46 bits per heavy atom. The summed E-state index contributed by atoms with van der Waals surface area (Å²) in [7, 11) is 0. The summed E-state index contributed by atoms with van der Waals surface area (Å²) in [6.45, 7) is 6.08. The number of hydrogen-bond acceptors (Lipinski definition) is 9. The number of carboxylic acids is 1. The van der Waals surface area contributed by atoms with Gasteiger partial charge < -0.3 is 36.4 Å². The molecule has 2 aromatic carbocycles. The Balaban J connectivity index is 1.71. The van der Waals surface area contributed by atoms with E-state index >= 15 is 0 Å². The van der Waals surface area contributed by atoms with Gasteiger partial charge in [-0.2, -0.15) is 0 Å². The van der Waals surface area contributed by atoms with Crippen molar-refractivity contribution in [1.29, 1.82) is 0 Å². The molecule has 12 heteroatoms. The molecule has 0 spiro atoms. The summed E-state index contributed by atoms with van der Waals surface area (Å²) in [6.07, 6.45) is -1.20. The van der Waals surface area contributed by atoms with Gasteiger partial charge in [0.15, 0.2) is 11.7 Å². The van der Waals surface area contributed by atoms with E-state index in [1.807, 2.05) is 20.8 Å². The molecule has 1 aliphatic rings. The van der Waals surface area contributed by atoms with Crippen molar-refractivity contribution in [2.45, 2.75) is 51.0 Å². The maximum Gasteiger partial charge on any atom is 0.303 e. The number of amides is 1. The number of anilines is 1. The zero-order valence-electron chi connectivity index (χ0n) is 21.9. The van der Waals surface area contributed by atoms with Crippen LogP contribution in [0.3, 0.4) is 0 Å². The number of hydrogen-bond donors (Lipinski definition) is 7. The third-order valence-electron chi connectivity index (χ3n) is 6.15. The molecule has 2 aromatic rings. The van der Waals surface area contributed by atoms with Crippen LogP contribution in [0.15, 0.2) is 39.8 Å². The van der Waals surface area contributed by atoms with E-state index in [1.165, 1.54) is 18.2 Å². The van der Waals surface area contributed by atoms with Crippen LogP contribution in [0.4, 0.5) is 5.69 Å². The van der Waals surface area contributed by atoms with Crippen molar-refractivity contribution in [2.24, 2.45) is 4.99 Å². The van der Waals surface area contributed by atoms with Gasteiger partial charge in [0.05, 0.1) is 30.1 Å². The summed E-state index contributed by atoms with van der Waals surface area (Å²) in [6, 6.07) is 7.58. The number of benzene rings is 2. The molecule has 210 valence electrons. The number of rotatable bonds is 9. The van der Waals surface area contributed by atoms with Crippen LogP contribution in [0, 0.1) is 0 Å². The lowest BCUT2D eigenvalue weighted by molar-refractivity contribution is -0.137. The first-order chi connectivity index (χ1) is 18.2. The Labute approximate surface area is 234 Å². The van der Waals surface area contributed by atoms with Gasteiger partial charge in [-0.3, -0.25) is 19.4 Å². The number of phenols is 2. The number of aliphatic imine (C=N–C) groups is 1. The minimum atomic E-state index is -1.13. The number of halogens is 1. The maximum absolute atomic E-state index is 12.8. The largest absolute Gasteiger partial charge is 0.508 e. The van der Waals surface area contributed by atoms with Crippen molar-refractivity contribution in [3.05, 3.63) is 51.5 Å². The zero-order valence-corrected chi connectivity index (χ0v) is 23.5. The normalized spacial score (nSPS) is 16.0. The molecule has 0 saturated carbocycles. The number of Topliss-reactive ketones (excluding diaryl/α,β-unsaturated/α-hetero) is 1. The first kappa shape index (κ1) is 29.9. The molecule has 0 aliphatic carbocycles. The van der Waals surface area contributed by atoms with Crippen molar-refractivity contribution in [3.63, 3.8) is 0 Å². The van der Waals surface area contributed by atoms with E-state index in [0.717, 1.165) is 5.56 Å². The van der Waals surface area contributed by atoms with E-state index < -0.39 is 29.7 Å². The summed E-state index contributed by atoms with van der Waals surface area (Å²) in [5.74, 6) is -2.92. The molecule has 7 N–H and O–H groups in total. The van der Waals surface area contributed by atoms with Gasteiger partial charge in [-0.05, 0) is 50.7 Å². The molecule has 3 rings (SSSR count). The van der Waals surface area contributed by atoms with Crippen LogP contribution >= 0.6 is 15.9 Å². The second-order valence-corrected chi connectivity index (χ2v) is 11.3. The first-order valence-corrected chi connectivity index (χ1v) is 13.1. The quantitative estimate of drug-likeness (QED) is 0.226. The number of carbonyl (C=O) groups excluding carboxylic acids is 2. The highest BCUT2D eigenvalue weighted by molar-refractivity contribution is 9.10. The number of aliphatic hydroxyl groups excluding tert-OH is 1. The molecule has 0 fully saturated rings. The van der Waals surface area contributed by atoms with E-state index in [9.17, 15) is 34.8 Å². The molecule has 39 heavy (non-hydrogen) atoms. The molecule has 0 bridgehead atoms. The van der Waals surface area contributed by atoms with Gasteiger partial charge in [-0.1, -0.05) is 26.8 Å². The number of guanidine groups is 1. The van der Waals surface area contributed by atoms with Gasteiger partial charge in [0.25, 0.3) is 5.91 Å². The lowest BCUT2D eigenvalue weighted by Gasteiger charge is -2.24. The van der Waals surface area contributed by atoms with Crippen LogP contribution in [0.2, 0.25) is 0 Å². The Bertz CT molecular complexity index is 1290. The highest BCUT2D eigenvalue weighted by Gasteiger charge is 2.26. The van der Waals surface area contributed by atoms with E-state index in [4.69, 9.17) is 0 Å². The molecular weight excluding hydrogens is 572 g/mol. The monoisotopic (exact) mass is 604 g/mol. The highest BCUT2D eigenvalue weighted by atomic mass is 79.9. The SMILES string of the molecule is CC(C)(C)c1cc(Br)c(O)c([C@H](CC(=O)O)CC(=O)CNC(=O)c2cc(O)cc(NC3=NCC(O)CN3)c2)c1. The van der Waals surface area contributed by atoms with Gasteiger partial charge in [-0.15, -0.1) is 0 Å². The van der Waals surface area contributed by atoms with E-state index in [-0.39, 0.29) is 48.4 Å². The molecule has 1 aliphatic heterocycles. The van der Waals surface area contributed by atoms with Crippen LogP contribution in [0.1, 0.15) is 61.0 Å². The number of aliphatic hydroxyl groups is 1. The minimum Gasteiger partial charge on any atom is -0.508 e. The molecule has 11 nitrogen and oxygen atoms in total. The van der Waals surface area contributed by atoms with Crippen LogP contribution in [-0.4, -0.2) is 69.8 Å². The van der Waals surface area contributed by atoms with Crippen molar-refractivity contribution in [3.8, 4) is 11.5 Å². The molecule has 0 aromatic heterocycles. The predicted molar refractivity (Wildman–Crippen MR) is 149 cm³/mol. The number of ketones is 1. The fourth-order valence-corrected chi connectivity index (χ4v) is 4.54. The van der Waals surface area contributed by atoms with Crippen molar-refractivity contribution in [2.75, 3.05) is 25.0 Å². The number of phenolic OH excluding ortho intramolecular Hbond substituents is 2. The van der Waals surface area contributed by atoms with Gasteiger partial charge in [-0.25, -0.2) is 0 Å². The molecule has 0 radical (unpaired) electrons. The number of carbonyl (C=O) groups is 3. The van der Waals surface area contributed by atoms with Crippen molar-refractivity contribution < 1.29 is 34.8 Å². The Morgan fingerprint density at radius 1 is 1.13 bits per heavy atom. The van der Waals surface area contributed by atoms with Gasteiger partial charge in [0.1, 0.15) is 11.5 Å². The summed E-state index contributed by atoms with van der Waals surface area (Å²) in [5.41, 5.74) is 1.37. The van der Waals surface area contributed by atoms with Crippen molar-refractivity contribution >= 4 is 45.2 Å². The number of carboxylic acid groups (broad SMARTS) is 1. The Hall–Kier alpha value is -3.64. The number of aliphatic carboxylic acids is 1. The number of nitrogens with one attached hydrogen (secondary N) is 3. The molecular formula is C27H33BrN4O7. The average molecular weight is 605 g/mol. The molecule has 1 heterocycles. The van der Waals surface area contributed by atoms with Crippen LogP contribution < -0.4 is 16.0 Å².